The number of fused-ring (bicyclic) bond motifs is 1. The van der Waals surface area contributed by atoms with Crippen molar-refractivity contribution in [1.29, 1.82) is 0 Å². The molecule has 1 heterocycles. The van der Waals surface area contributed by atoms with Crippen LogP contribution in [-0.4, -0.2) is 30.3 Å². The van der Waals surface area contributed by atoms with Gasteiger partial charge in [0.25, 0.3) is 0 Å². The van der Waals surface area contributed by atoms with E-state index in [4.69, 9.17) is 14.6 Å². The van der Waals surface area contributed by atoms with Gasteiger partial charge in [-0.25, -0.2) is 0 Å². The molecule has 140 valence electrons. The van der Waals surface area contributed by atoms with Crippen LogP contribution in [0.5, 0.6) is 11.5 Å². The van der Waals surface area contributed by atoms with E-state index in [0.717, 1.165) is 28.0 Å². The molecule has 0 spiro atoms. The van der Waals surface area contributed by atoms with Crippen molar-refractivity contribution in [2.75, 3.05) is 19.0 Å². The number of benzene rings is 2. The standard InChI is InChI=1S/C22H23NO4/c1-14(15-5-8-20-16(11-15)9-10-22(2,3)27-20)18-7-6-17(26-4)12-19(18)23-21(25)13-24/h5-12,24H,1,13H2,2-4H3,(H,23,25). The minimum atomic E-state index is -0.597. The molecule has 2 N–H and O–H groups in total. The van der Waals surface area contributed by atoms with Gasteiger partial charge < -0.3 is 19.9 Å². The number of carbonyl (C=O) groups excluding carboxylic acids is 1. The van der Waals surface area contributed by atoms with Gasteiger partial charge in [-0.15, -0.1) is 0 Å². The summed E-state index contributed by atoms with van der Waals surface area (Å²) in [7, 11) is 1.55. The molecule has 0 radical (unpaired) electrons. The summed E-state index contributed by atoms with van der Waals surface area (Å²) in [5.41, 5.74) is 3.58. The van der Waals surface area contributed by atoms with Crippen LogP contribution in [0.15, 0.2) is 49.1 Å². The molecule has 2 aromatic carbocycles. The third-order valence-electron chi connectivity index (χ3n) is 4.37. The summed E-state index contributed by atoms with van der Waals surface area (Å²) in [6.45, 7) is 7.62. The monoisotopic (exact) mass is 365 g/mol. The molecule has 1 amide bonds. The van der Waals surface area contributed by atoms with E-state index in [-0.39, 0.29) is 5.60 Å². The van der Waals surface area contributed by atoms with E-state index < -0.39 is 12.5 Å². The number of hydrogen-bond acceptors (Lipinski definition) is 4. The number of rotatable bonds is 5. The molecule has 27 heavy (non-hydrogen) atoms. The Balaban J connectivity index is 1.97. The minimum Gasteiger partial charge on any atom is -0.497 e. The van der Waals surface area contributed by atoms with Gasteiger partial charge in [0.05, 0.1) is 12.8 Å². The molecule has 0 aliphatic carbocycles. The van der Waals surface area contributed by atoms with Crippen molar-refractivity contribution in [2.45, 2.75) is 19.4 Å². The van der Waals surface area contributed by atoms with Crippen LogP contribution in [0.1, 0.15) is 30.5 Å². The first kappa shape index (κ1) is 18.7. The van der Waals surface area contributed by atoms with E-state index in [1.807, 2.05) is 50.3 Å². The van der Waals surface area contributed by atoms with Gasteiger partial charge in [-0.3, -0.25) is 4.79 Å². The van der Waals surface area contributed by atoms with Crippen molar-refractivity contribution in [3.05, 3.63) is 65.7 Å². The fourth-order valence-corrected chi connectivity index (χ4v) is 2.93. The van der Waals surface area contributed by atoms with Crippen molar-refractivity contribution in [2.24, 2.45) is 0 Å². The molecule has 0 fully saturated rings. The number of methoxy groups -OCH3 is 1. The molecule has 5 nitrogen and oxygen atoms in total. The number of ether oxygens (including phenoxy) is 2. The maximum Gasteiger partial charge on any atom is 0.250 e. The molecule has 0 saturated carbocycles. The van der Waals surface area contributed by atoms with Crippen LogP contribution < -0.4 is 14.8 Å². The smallest absolute Gasteiger partial charge is 0.250 e. The van der Waals surface area contributed by atoms with Crippen LogP contribution in [-0.2, 0) is 4.79 Å². The zero-order valence-electron chi connectivity index (χ0n) is 15.7. The molecular weight excluding hydrogens is 342 g/mol. The number of anilines is 1. The van der Waals surface area contributed by atoms with E-state index in [9.17, 15) is 4.79 Å². The van der Waals surface area contributed by atoms with Gasteiger partial charge in [0.15, 0.2) is 0 Å². The molecule has 2 aromatic rings. The van der Waals surface area contributed by atoms with Gasteiger partial charge in [-0.2, -0.15) is 0 Å². The predicted molar refractivity (Wildman–Crippen MR) is 107 cm³/mol. The summed E-state index contributed by atoms with van der Waals surface area (Å²) in [6.07, 6.45) is 4.06. The molecule has 0 atom stereocenters. The van der Waals surface area contributed by atoms with Gasteiger partial charge in [-0.1, -0.05) is 18.7 Å². The Hall–Kier alpha value is -3.05. The number of aliphatic hydroxyl groups is 1. The Morgan fingerprint density at radius 3 is 2.74 bits per heavy atom. The Morgan fingerprint density at radius 1 is 1.26 bits per heavy atom. The van der Waals surface area contributed by atoms with E-state index in [1.165, 1.54) is 0 Å². The molecule has 1 aliphatic heterocycles. The first-order valence-electron chi connectivity index (χ1n) is 8.63. The lowest BCUT2D eigenvalue weighted by Gasteiger charge is -2.28. The van der Waals surface area contributed by atoms with Crippen LogP contribution in [0.25, 0.3) is 11.6 Å². The van der Waals surface area contributed by atoms with Gasteiger partial charge in [0, 0.05) is 17.2 Å². The van der Waals surface area contributed by atoms with Crippen LogP contribution in [0.4, 0.5) is 5.69 Å². The summed E-state index contributed by atoms with van der Waals surface area (Å²) in [4.78, 5) is 11.7. The number of carbonyl (C=O) groups is 1. The summed E-state index contributed by atoms with van der Waals surface area (Å²) in [5.74, 6) is 0.924. The summed E-state index contributed by atoms with van der Waals surface area (Å²) < 4.78 is 11.2. The molecule has 3 rings (SSSR count). The van der Waals surface area contributed by atoms with Gasteiger partial charge in [-0.05, 0) is 55.3 Å². The molecule has 0 bridgehead atoms. The summed E-state index contributed by atoms with van der Waals surface area (Å²) in [6, 6.07) is 11.2. The topological polar surface area (TPSA) is 67.8 Å². The fraction of sp³-hybridized carbons (Fsp3) is 0.227. The molecule has 1 aliphatic rings. The largest absolute Gasteiger partial charge is 0.497 e. The molecular formula is C22H23NO4. The Morgan fingerprint density at radius 2 is 2.04 bits per heavy atom. The van der Waals surface area contributed by atoms with E-state index in [2.05, 4.69) is 11.9 Å². The molecule has 0 aromatic heterocycles. The highest BCUT2D eigenvalue weighted by molar-refractivity contribution is 5.97. The molecule has 5 heteroatoms. The summed E-state index contributed by atoms with van der Waals surface area (Å²) in [5, 5.41) is 11.7. The molecule has 0 unspecified atom stereocenters. The maximum atomic E-state index is 11.7. The van der Waals surface area contributed by atoms with E-state index in [1.54, 1.807) is 19.2 Å². The quantitative estimate of drug-likeness (QED) is 0.844. The Kier molecular flexibility index (Phi) is 5.06. The number of amides is 1. The first-order chi connectivity index (χ1) is 12.8. The lowest BCUT2D eigenvalue weighted by atomic mass is 9.94. The second kappa shape index (κ2) is 7.29. The van der Waals surface area contributed by atoms with Gasteiger partial charge in [0.2, 0.25) is 5.91 Å². The fourth-order valence-electron chi connectivity index (χ4n) is 2.93. The lowest BCUT2D eigenvalue weighted by Crippen LogP contribution is -2.27. The second-order valence-corrected chi connectivity index (χ2v) is 6.89. The highest BCUT2D eigenvalue weighted by Gasteiger charge is 2.22. The van der Waals surface area contributed by atoms with E-state index >= 15 is 0 Å². The Labute approximate surface area is 158 Å². The highest BCUT2D eigenvalue weighted by Crippen LogP contribution is 2.36. The van der Waals surface area contributed by atoms with Gasteiger partial charge in [0.1, 0.15) is 23.7 Å². The lowest BCUT2D eigenvalue weighted by molar-refractivity contribution is -0.118. The third kappa shape index (κ3) is 4.04. The van der Waals surface area contributed by atoms with Crippen LogP contribution in [0, 0.1) is 0 Å². The van der Waals surface area contributed by atoms with Crippen molar-refractivity contribution >= 4 is 23.2 Å². The predicted octanol–water partition coefficient (Wildman–Crippen LogP) is 3.87. The van der Waals surface area contributed by atoms with Crippen molar-refractivity contribution in [3.63, 3.8) is 0 Å². The maximum absolute atomic E-state index is 11.7. The zero-order chi connectivity index (χ0) is 19.6. The average Bonchev–Trinajstić information content (AvgIpc) is 2.66. The normalized spacial score (nSPS) is 14.1. The third-order valence-corrected chi connectivity index (χ3v) is 4.37. The second-order valence-electron chi connectivity index (χ2n) is 6.89. The van der Waals surface area contributed by atoms with Crippen LogP contribution >= 0.6 is 0 Å². The van der Waals surface area contributed by atoms with Gasteiger partial charge >= 0.3 is 0 Å². The van der Waals surface area contributed by atoms with Crippen LogP contribution in [0.2, 0.25) is 0 Å². The Bertz CT molecular complexity index is 928. The number of aliphatic hydroxyl groups excluding tert-OH is 1. The number of hydrogen-bond donors (Lipinski definition) is 2. The molecule has 0 saturated heterocycles. The SMILES string of the molecule is C=C(c1ccc2c(c1)C=CC(C)(C)O2)c1ccc(OC)cc1NC(=O)CO. The van der Waals surface area contributed by atoms with Crippen molar-refractivity contribution in [3.8, 4) is 11.5 Å². The van der Waals surface area contributed by atoms with Crippen molar-refractivity contribution in [1.82, 2.24) is 0 Å². The first-order valence-corrected chi connectivity index (χ1v) is 8.63. The zero-order valence-corrected chi connectivity index (χ0v) is 15.7. The van der Waals surface area contributed by atoms with Crippen molar-refractivity contribution < 1.29 is 19.4 Å². The number of nitrogens with one attached hydrogen (secondary N) is 1. The minimum absolute atomic E-state index is 0.330. The average molecular weight is 365 g/mol. The van der Waals surface area contributed by atoms with Crippen LogP contribution in [0.3, 0.4) is 0 Å². The summed E-state index contributed by atoms with van der Waals surface area (Å²) >= 11 is 0. The van der Waals surface area contributed by atoms with E-state index in [0.29, 0.717) is 11.4 Å². The highest BCUT2D eigenvalue weighted by atomic mass is 16.5.